The zero-order chi connectivity index (χ0) is 27.9. The van der Waals surface area contributed by atoms with Gasteiger partial charge >= 0.3 is 0 Å². The lowest BCUT2D eigenvalue weighted by Gasteiger charge is -2.38. The number of nitrogens with two attached hydrogens (primary N) is 1. The van der Waals surface area contributed by atoms with Crippen molar-refractivity contribution in [3.63, 3.8) is 0 Å². The van der Waals surface area contributed by atoms with Crippen LogP contribution in [-0.4, -0.2) is 66.7 Å². The summed E-state index contributed by atoms with van der Waals surface area (Å²) in [5, 5.41) is 13.3. The number of aromatic nitrogens is 3. The van der Waals surface area contributed by atoms with E-state index in [9.17, 15) is 14.4 Å². The Labute approximate surface area is 233 Å². The molecule has 2 aromatic heterocycles. The van der Waals surface area contributed by atoms with Crippen molar-refractivity contribution in [3.05, 3.63) is 18.0 Å². The van der Waals surface area contributed by atoms with Crippen LogP contribution in [0.15, 0.2) is 17.5 Å². The first-order valence-corrected chi connectivity index (χ1v) is 14.9. The lowest BCUT2D eigenvalue weighted by Crippen LogP contribution is -2.61. The summed E-state index contributed by atoms with van der Waals surface area (Å²) in [5.41, 5.74) is 6.70. The third kappa shape index (κ3) is 4.62. The second kappa shape index (κ2) is 10.8. The number of nitrogens with one attached hydrogen (secondary N) is 1. The smallest absolute Gasteiger partial charge is 0.297 e. The van der Waals surface area contributed by atoms with Gasteiger partial charge in [-0.3, -0.25) is 14.4 Å². The number of hydrogen-bond donors (Lipinski definition) is 2. The minimum atomic E-state index is -1.88. The first kappa shape index (κ1) is 26.7. The van der Waals surface area contributed by atoms with Gasteiger partial charge in [0, 0.05) is 49.3 Å². The fraction of sp³-hybridized carbons (Fsp3) is 0.655. The van der Waals surface area contributed by atoms with Gasteiger partial charge in [-0.1, -0.05) is 30.8 Å². The van der Waals surface area contributed by atoms with Gasteiger partial charge in [0.05, 0.1) is 29.4 Å². The Balaban J connectivity index is 1.34. The molecule has 3 fully saturated rings. The van der Waals surface area contributed by atoms with Gasteiger partial charge in [0.2, 0.25) is 0 Å². The van der Waals surface area contributed by atoms with Crippen molar-refractivity contribution in [2.45, 2.75) is 121 Å². The summed E-state index contributed by atoms with van der Waals surface area (Å²) in [6.45, 7) is 2.67. The standard InChI is InChI=1S/C29H39N7O4/c1-2-35-26-23(17-32-35)25(33-18-11-13-21(37)14-12-18)22(16-31-26)24-15-29(27(30)38,40-34-24)28(39)36(19-7-3-4-8-19)20-9-5-6-10-20/h16-20H,2-15H2,1H3,(H2,30,38)(H,31,33). The summed E-state index contributed by atoms with van der Waals surface area (Å²) >= 11 is 0. The number of pyridine rings is 1. The van der Waals surface area contributed by atoms with Gasteiger partial charge in [0.1, 0.15) is 5.78 Å². The fourth-order valence-electron chi connectivity index (χ4n) is 7.05. The number of aryl methyl sites for hydroxylation is 1. The Morgan fingerprint density at radius 3 is 2.33 bits per heavy atom. The van der Waals surface area contributed by atoms with Crippen molar-refractivity contribution in [2.24, 2.45) is 10.9 Å². The van der Waals surface area contributed by atoms with Crippen molar-refractivity contribution in [3.8, 4) is 0 Å². The maximum absolute atomic E-state index is 14.3. The van der Waals surface area contributed by atoms with Crippen LogP contribution >= 0.6 is 0 Å². The molecule has 3 N–H and O–H groups in total. The number of carbonyl (C=O) groups excluding carboxylic acids is 3. The van der Waals surface area contributed by atoms with E-state index in [2.05, 4.69) is 20.6 Å². The third-order valence-corrected chi connectivity index (χ3v) is 9.31. The van der Waals surface area contributed by atoms with E-state index in [0.29, 0.717) is 30.7 Å². The average Bonchev–Trinajstić information content (AvgIpc) is 3.77. The van der Waals surface area contributed by atoms with Gasteiger partial charge in [-0.15, -0.1) is 0 Å². The van der Waals surface area contributed by atoms with Crippen LogP contribution in [0.1, 0.15) is 96.0 Å². The van der Waals surface area contributed by atoms with E-state index in [1.54, 1.807) is 12.4 Å². The molecule has 0 radical (unpaired) electrons. The molecule has 6 rings (SSSR count). The minimum absolute atomic E-state index is 0.0515. The van der Waals surface area contributed by atoms with Crippen molar-refractivity contribution < 1.29 is 19.2 Å². The van der Waals surface area contributed by atoms with E-state index in [-0.39, 0.29) is 36.2 Å². The zero-order valence-corrected chi connectivity index (χ0v) is 23.2. The topological polar surface area (TPSA) is 145 Å². The molecule has 0 bridgehead atoms. The Kier molecular flexibility index (Phi) is 7.22. The fourth-order valence-corrected chi connectivity index (χ4v) is 7.05. The van der Waals surface area contributed by atoms with E-state index < -0.39 is 11.5 Å². The highest BCUT2D eigenvalue weighted by Gasteiger charge is 2.56. The summed E-state index contributed by atoms with van der Waals surface area (Å²) in [6.07, 6.45) is 14.0. The molecule has 2 amide bonds. The molecule has 3 heterocycles. The summed E-state index contributed by atoms with van der Waals surface area (Å²) in [5.74, 6) is -0.888. The predicted octanol–water partition coefficient (Wildman–Crippen LogP) is 3.44. The molecule has 0 saturated heterocycles. The van der Waals surface area contributed by atoms with Crippen LogP contribution in [0.25, 0.3) is 11.0 Å². The number of fused-ring (bicyclic) bond motifs is 1. The largest absolute Gasteiger partial charge is 0.381 e. The SMILES string of the molecule is CCn1ncc2c(NC3CCC(=O)CC3)c(C3=NOC(C(N)=O)(C(=O)N(C4CCCC4)C4CCCC4)C3)cnc21. The Morgan fingerprint density at radius 1 is 1.07 bits per heavy atom. The van der Waals surface area contributed by atoms with Gasteiger partial charge < -0.3 is 20.8 Å². The van der Waals surface area contributed by atoms with Crippen LogP contribution in [0, 0.1) is 0 Å². The number of ketones is 1. The number of Topliss-reactive ketones (excluding diaryl/α,β-unsaturated/α-hetero) is 1. The summed E-state index contributed by atoms with van der Waals surface area (Å²) < 4.78 is 1.82. The molecular weight excluding hydrogens is 510 g/mol. The van der Waals surface area contributed by atoms with Crippen molar-refractivity contribution in [1.29, 1.82) is 0 Å². The molecule has 0 spiro atoms. The van der Waals surface area contributed by atoms with Crippen LogP contribution < -0.4 is 11.1 Å². The number of carbonyl (C=O) groups is 3. The Morgan fingerprint density at radius 2 is 1.73 bits per heavy atom. The Bertz CT molecular complexity index is 1320. The van der Waals surface area contributed by atoms with Gasteiger partial charge in [-0.25, -0.2) is 9.67 Å². The number of hydrogen-bond acceptors (Lipinski definition) is 8. The maximum Gasteiger partial charge on any atom is 0.297 e. The predicted molar refractivity (Wildman–Crippen MR) is 150 cm³/mol. The average molecular weight is 550 g/mol. The highest BCUT2D eigenvalue weighted by molar-refractivity contribution is 6.18. The van der Waals surface area contributed by atoms with Crippen LogP contribution in [-0.2, 0) is 25.8 Å². The monoisotopic (exact) mass is 549 g/mol. The first-order chi connectivity index (χ1) is 19.4. The summed E-state index contributed by atoms with van der Waals surface area (Å²) in [6, 6.07) is 0.296. The molecule has 4 aliphatic rings. The van der Waals surface area contributed by atoms with E-state index in [0.717, 1.165) is 80.9 Å². The molecule has 1 unspecified atom stereocenters. The van der Waals surface area contributed by atoms with Crippen molar-refractivity contribution >= 4 is 40.0 Å². The maximum atomic E-state index is 14.3. The van der Waals surface area contributed by atoms with Crippen molar-refractivity contribution in [1.82, 2.24) is 19.7 Å². The number of nitrogens with zero attached hydrogens (tertiary/aromatic N) is 5. The number of oxime groups is 1. The second-order valence-electron chi connectivity index (χ2n) is 11.8. The van der Waals surface area contributed by atoms with E-state index in [4.69, 9.17) is 10.6 Å². The lowest BCUT2D eigenvalue weighted by molar-refractivity contribution is -0.167. The van der Waals surface area contributed by atoms with E-state index in [1.165, 1.54) is 0 Å². The molecular formula is C29H39N7O4. The summed E-state index contributed by atoms with van der Waals surface area (Å²) in [7, 11) is 0. The number of anilines is 1. The quantitative estimate of drug-likeness (QED) is 0.480. The highest BCUT2D eigenvalue weighted by Crippen LogP contribution is 2.39. The molecule has 214 valence electrons. The second-order valence-corrected chi connectivity index (χ2v) is 11.8. The minimum Gasteiger partial charge on any atom is -0.381 e. The van der Waals surface area contributed by atoms with Gasteiger partial charge in [0.25, 0.3) is 17.4 Å². The zero-order valence-electron chi connectivity index (χ0n) is 23.2. The van der Waals surface area contributed by atoms with Crippen LogP contribution in [0.4, 0.5) is 5.69 Å². The third-order valence-electron chi connectivity index (χ3n) is 9.31. The molecule has 3 aliphatic carbocycles. The van der Waals surface area contributed by atoms with E-state index >= 15 is 0 Å². The van der Waals surface area contributed by atoms with Gasteiger partial charge in [-0.05, 0) is 45.4 Å². The number of primary amides is 1. The van der Waals surface area contributed by atoms with Crippen LogP contribution in [0.5, 0.6) is 0 Å². The molecule has 2 aromatic rings. The van der Waals surface area contributed by atoms with Gasteiger partial charge in [-0.2, -0.15) is 5.10 Å². The normalized spacial score (nSPS) is 24.4. The molecule has 3 saturated carbocycles. The van der Waals surface area contributed by atoms with Crippen molar-refractivity contribution in [2.75, 3.05) is 5.32 Å². The lowest BCUT2D eigenvalue weighted by atomic mass is 9.89. The molecule has 1 aliphatic heterocycles. The highest BCUT2D eigenvalue weighted by atomic mass is 16.7. The van der Waals surface area contributed by atoms with Crippen LogP contribution in [0.3, 0.4) is 0 Å². The summed E-state index contributed by atoms with van der Waals surface area (Å²) in [4.78, 5) is 51.7. The van der Waals surface area contributed by atoms with E-state index in [1.807, 2.05) is 16.5 Å². The Hall–Kier alpha value is -3.50. The molecule has 40 heavy (non-hydrogen) atoms. The molecule has 0 aromatic carbocycles. The molecule has 11 heteroatoms. The molecule has 1 atom stereocenters. The molecule has 11 nitrogen and oxygen atoms in total. The number of rotatable bonds is 8. The first-order valence-electron chi connectivity index (χ1n) is 14.9. The van der Waals surface area contributed by atoms with Crippen LogP contribution in [0.2, 0.25) is 0 Å². The van der Waals surface area contributed by atoms with Gasteiger partial charge in [0.15, 0.2) is 5.65 Å². The number of amides is 2.